The molecule has 1 atom stereocenters. The van der Waals surface area contributed by atoms with Crippen LogP contribution >= 0.6 is 27.3 Å². The van der Waals surface area contributed by atoms with Crippen LogP contribution in [0, 0.1) is 0 Å². The molecular formula is C9H16BrN3S. The Morgan fingerprint density at radius 2 is 2.29 bits per heavy atom. The Labute approximate surface area is 97.4 Å². The minimum atomic E-state index is 0.234. The molecule has 3 nitrogen and oxygen atoms in total. The summed E-state index contributed by atoms with van der Waals surface area (Å²) in [7, 11) is 4.13. The van der Waals surface area contributed by atoms with E-state index in [0.717, 1.165) is 17.4 Å². The first-order valence-electron chi connectivity index (χ1n) is 4.47. The second-order valence-electron chi connectivity index (χ2n) is 3.49. The molecule has 0 radical (unpaired) electrons. The molecule has 3 N–H and O–H groups in total. The highest BCUT2D eigenvalue weighted by molar-refractivity contribution is 9.10. The topological polar surface area (TPSA) is 41.3 Å². The normalized spacial score (nSPS) is 13.5. The molecule has 0 aliphatic heterocycles. The van der Waals surface area contributed by atoms with Gasteiger partial charge in [-0.05, 0) is 53.9 Å². The Balaban J connectivity index is 2.58. The van der Waals surface area contributed by atoms with Crippen LogP contribution in [0.5, 0.6) is 0 Å². The van der Waals surface area contributed by atoms with E-state index in [0.29, 0.717) is 0 Å². The molecule has 0 aliphatic carbocycles. The molecule has 0 aliphatic rings. The molecule has 0 spiro atoms. The van der Waals surface area contributed by atoms with Crippen LogP contribution in [-0.4, -0.2) is 25.5 Å². The van der Waals surface area contributed by atoms with Crippen molar-refractivity contribution in [3.63, 3.8) is 0 Å². The van der Waals surface area contributed by atoms with Crippen molar-refractivity contribution in [2.45, 2.75) is 12.5 Å². The highest BCUT2D eigenvalue weighted by Gasteiger charge is 2.13. The van der Waals surface area contributed by atoms with E-state index in [4.69, 9.17) is 5.84 Å². The van der Waals surface area contributed by atoms with Crippen LogP contribution in [0.4, 0.5) is 0 Å². The molecule has 80 valence electrons. The van der Waals surface area contributed by atoms with Crippen molar-refractivity contribution in [3.05, 3.63) is 20.8 Å². The fourth-order valence-electron chi connectivity index (χ4n) is 1.26. The Kier molecular flexibility index (Phi) is 5.05. The summed E-state index contributed by atoms with van der Waals surface area (Å²) in [5, 5.41) is 4.21. The lowest BCUT2D eigenvalue weighted by atomic mass is 10.1. The van der Waals surface area contributed by atoms with Crippen LogP contribution in [0.1, 0.15) is 18.0 Å². The van der Waals surface area contributed by atoms with Crippen LogP contribution < -0.4 is 11.3 Å². The SMILES string of the molecule is CN(C)CCC(NN)c1cscc1Br. The third-order valence-corrected chi connectivity index (χ3v) is 3.84. The van der Waals surface area contributed by atoms with Gasteiger partial charge in [0.1, 0.15) is 0 Å². The fourth-order valence-corrected chi connectivity index (χ4v) is 2.88. The zero-order chi connectivity index (χ0) is 10.6. The second-order valence-corrected chi connectivity index (χ2v) is 5.08. The average molecular weight is 278 g/mol. The van der Waals surface area contributed by atoms with Crippen molar-refractivity contribution in [2.24, 2.45) is 5.84 Å². The summed E-state index contributed by atoms with van der Waals surface area (Å²) < 4.78 is 1.14. The number of halogens is 1. The number of rotatable bonds is 5. The van der Waals surface area contributed by atoms with Crippen LogP contribution in [0.2, 0.25) is 0 Å². The highest BCUT2D eigenvalue weighted by Crippen LogP contribution is 2.28. The molecule has 1 aromatic heterocycles. The number of hydrogen-bond acceptors (Lipinski definition) is 4. The first-order chi connectivity index (χ1) is 6.65. The summed E-state index contributed by atoms with van der Waals surface area (Å²) in [5.74, 6) is 5.53. The zero-order valence-corrected chi connectivity index (χ0v) is 10.9. The van der Waals surface area contributed by atoms with Gasteiger partial charge in [0.25, 0.3) is 0 Å². The summed E-state index contributed by atoms with van der Waals surface area (Å²) in [6.45, 7) is 1.02. The van der Waals surface area contributed by atoms with Crippen LogP contribution in [0.15, 0.2) is 15.2 Å². The molecule has 0 aromatic carbocycles. The summed E-state index contributed by atoms with van der Waals surface area (Å²) in [6.07, 6.45) is 1.01. The number of thiophene rings is 1. The monoisotopic (exact) mass is 277 g/mol. The minimum Gasteiger partial charge on any atom is -0.309 e. The molecule has 0 saturated heterocycles. The molecule has 1 rings (SSSR count). The molecule has 1 heterocycles. The van der Waals surface area contributed by atoms with Gasteiger partial charge in [-0.15, -0.1) is 0 Å². The second kappa shape index (κ2) is 5.82. The van der Waals surface area contributed by atoms with Crippen molar-refractivity contribution in [1.29, 1.82) is 0 Å². The molecule has 0 saturated carbocycles. The average Bonchev–Trinajstić information content (AvgIpc) is 2.53. The molecule has 1 unspecified atom stereocenters. The van der Waals surface area contributed by atoms with Crippen LogP contribution in [0.25, 0.3) is 0 Å². The lowest BCUT2D eigenvalue weighted by Gasteiger charge is -2.18. The van der Waals surface area contributed by atoms with Gasteiger partial charge in [0.05, 0.1) is 0 Å². The molecule has 0 fully saturated rings. The molecule has 0 bridgehead atoms. The van der Waals surface area contributed by atoms with Crippen molar-refractivity contribution in [2.75, 3.05) is 20.6 Å². The van der Waals surface area contributed by atoms with Crippen LogP contribution in [-0.2, 0) is 0 Å². The van der Waals surface area contributed by atoms with Gasteiger partial charge in [0, 0.05) is 15.9 Å². The Morgan fingerprint density at radius 3 is 2.71 bits per heavy atom. The smallest absolute Gasteiger partial charge is 0.0491 e. The predicted octanol–water partition coefficient (Wildman–Crippen LogP) is 1.97. The van der Waals surface area contributed by atoms with Crippen molar-refractivity contribution >= 4 is 27.3 Å². The Morgan fingerprint density at radius 1 is 1.57 bits per heavy atom. The standard InChI is InChI=1S/C9H16BrN3S/c1-13(2)4-3-9(12-11)7-5-14-6-8(7)10/h5-6,9,12H,3-4,11H2,1-2H3. The first kappa shape index (κ1) is 12.1. The Hall–Kier alpha value is 0.0600. The number of hydrogen-bond donors (Lipinski definition) is 2. The molecule has 1 aromatic rings. The number of nitrogens with one attached hydrogen (secondary N) is 1. The van der Waals surface area contributed by atoms with Gasteiger partial charge >= 0.3 is 0 Å². The van der Waals surface area contributed by atoms with Crippen molar-refractivity contribution < 1.29 is 0 Å². The van der Waals surface area contributed by atoms with Crippen LogP contribution in [0.3, 0.4) is 0 Å². The van der Waals surface area contributed by atoms with Gasteiger partial charge in [-0.25, -0.2) is 0 Å². The molecular weight excluding hydrogens is 262 g/mol. The summed E-state index contributed by atoms with van der Waals surface area (Å²) in [6, 6.07) is 0.234. The van der Waals surface area contributed by atoms with Gasteiger partial charge in [0.2, 0.25) is 0 Å². The lowest BCUT2D eigenvalue weighted by Crippen LogP contribution is -2.30. The summed E-state index contributed by atoms with van der Waals surface area (Å²) >= 11 is 5.20. The van der Waals surface area contributed by atoms with Crippen molar-refractivity contribution in [3.8, 4) is 0 Å². The van der Waals surface area contributed by atoms with Gasteiger partial charge in [0.15, 0.2) is 0 Å². The van der Waals surface area contributed by atoms with E-state index >= 15 is 0 Å². The number of nitrogens with zero attached hydrogens (tertiary/aromatic N) is 1. The minimum absolute atomic E-state index is 0.234. The van der Waals surface area contributed by atoms with E-state index in [1.165, 1.54) is 5.56 Å². The van der Waals surface area contributed by atoms with E-state index in [9.17, 15) is 0 Å². The maximum Gasteiger partial charge on any atom is 0.0491 e. The highest BCUT2D eigenvalue weighted by atomic mass is 79.9. The first-order valence-corrected chi connectivity index (χ1v) is 6.21. The number of nitrogens with two attached hydrogens (primary N) is 1. The summed E-state index contributed by atoms with van der Waals surface area (Å²) in [4.78, 5) is 2.16. The fraction of sp³-hybridized carbons (Fsp3) is 0.556. The van der Waals surface area contributed by atoms with E-state index < -0.39 is 0 Å². The maximum atomic E-state index is 5.53. The van der Waals surface area contributed by atoms with Gasteiger partial charge < -0.3 is 4.90 Å². The van der Waals surface area contributed by atoms with E-state index in [-0.39, 0.29) is 6.04 Å². The molecule has 0 amide bonds. The third-order valence-electron chi connectivity index (χ3n) is 2.08. The largest absolute Gasteiger partial charge is 0.309 e. The lowest BCUT2D eigenvalue weighted by molar-refractivity contribution is 0.363. The van der Waals surface area contributed by atoms with E-state index in [1.54, 1.807) is 11.3 Å². The predicted molar refractivity (Wildman–Crippen MR) is 65.3 cm³/mol. The number of hydrazine groups is 1. The third kappa shape index (κ3) is 3.33. The van der Waals surface area contributed by atoms with Gasteiger partial charge in [-0.3, -0.25) is 11.3 Å². The van der Waals surface area contributed by atoms with Gasteiger partial charge in [-0.2, -0.15) is 11.3 Å². The maximum absolute atomic E-state index is 5.53. The Bertz CT molecular complexity index is 275. The molecule has 5 heteroatoms. The summed E-state index contributed by atoms with van der Waals surface area (Å²) in [5.41, 5.74) is 4.10. The van der Waals surface area contributed by atoms with E-state index in [2.05, 4.69) is 51.1 Å². The van der Waals surface area contributed by atoms with Gasteiger partial charge in [-0.1, -0.05) is 0 Å². The zero-order valence-electron chi connectivity index (χ0n) is 8.46. The van der Waals surface area contributed by atoms with Crippen molar-refractivity contribution in [1.82, 2.24) is 10.3 Å². The molecule has 14 heavy (non-hydrogen) atoms. The quantitative estimate of drug-likeness (QED) is 0.639. The van der Waals surface area contributed by atoms with E-state index in [1.807, 2.05) is 0 Å².